The van der Waals surface area contributed by atoms with E-state index in [1.165, 1.54) is 0 Å². The second kappa shape index (κ2) is 7.24. The standard InChI is InChI=1S/C11H13NO8/c13-3-4-19-5-7(11(18)20-6-10(16)17)12-8(14)1-2-9(12)15/h5,13H,1-4,6H2,(H,16,17). The van der Waals surface area contributed by atoms with Gasteiger partial charge in [0.25, 0.3) is 0 Å². The van der Waals surface area contributed by atoms with Crippen molar-refractivity contribution in [1.29, 1.82) is 0 Å². The number of rotatable bonds is 7. The van der Waals surface area contributed by atoms with Crippen LogP contribution in [0.15, 0.2) is 12.0 Å². The van der Waals surface area contributed by atoms with Crippen LogP contribution in [0.5, 0.6) is 0 Å². The van der Waals surface area contributed by atoms with Gasteiger partial charge in [-0.15, -0.1) is 0 Å². The summed E-state index contributed by atoms with van der Waals surface area (Å²) in [5, 5.41) is 17.0. The van der Waals surface area contributed by atoms with Gasteiger partial charge in [0, 0.05) is 12.8 Å². The normalized spacial score (nSPS) is 15.4. The molecule has 0 unspecified atom stereocenters. The maximum Gasteiger partial charge on any atom is 0.359 e. The van der Waals surface area contributed by atoms with Gasteiger partial charge in [-0.2, -0.15) is 0 Å². The molecule has 1 aliphatic heterocycles. The van der Waals surface area contributed by atoms with E-state index in [1.54, 1.807) is 0 Å². The highest BCUT2D eigenvalue weighted by Crippen LogP contribution is 2.19. The quantitative estimate of drug-likeness (QED) is 0.192. The Kier molecular flexibility index (Phi) is 5.66. The Morgan fingerprint density at radius 2 is 1.85 bits per heavy atom. The highest BCUT2D eigenvalue weighted by molar-refractivity contribution is 6.09. The van der Waals surface area contributed by atoms with E-state index in [4.69, 9.17) is 14.9 Å². The van der Waals surface area contributed by atoms with Crippen molar-refractivity contribution in [3.8, 4) is 0 Å². The van der Waals surface area contributed by atoms with E-state index in [-0.39, 0.29) is 26.1 Å². The summed E-state index contributed by atoms with van der Waals surface area (Å²) in [6.45, 7) is -1.41. The molecule has 0 spiro atoms. The molecule has 1 aliphatic rings. The number of carboxylic acid groups (broad SMARTS) is 1. The van der Waals surface area contributed by atoms with Crippen LogP contribution in [0.4, 0.5) is 0 Å². The second-order valence-corrected chi connectivity index (χ2v) is 3.69. The number of esters is 1. The molecule has 2 amide bonds. The van der Waals surface area contributed by atoms with Gasteiger partial charge in [0.15, 0.2) is 12.3 Å². The third kappa shape index (κ3) is 4.05. The molecule has 9 nitrogen and oxygen atoms in total. The first-order valence-electron chi connectivity index (χ1n) is 5.64. The van der Waals surface area contributed by atoms with Crippen LogP contribution in [0.25, 0.3) is 0 Å². The Morgan fingerprint density at radius 1 is 1.25 bits per heavy atom. The van der Waals surface area contributed by atoms with Crippen molar-refractivity contribution >= 4 is 23.8 Å². The first-order valence-corrected chi connectivity index (χ1v) is 5.64. The Labute approximate surface area is 113 Å². The van der Waals surface area contributed by atoms with Gasteiger partial charge in [0.2, 0.25) is 11.8 Å². The van der Waals surface area contributed by atoms with Gasteiger partial charge in [-0.25, -0.2) is 14.5 Å². The van der Waals surface area contributed by atoms with Crippen LogP contribution in [0.2, 0.25) is 0 Å². The lowest BCUT2D eigenvalue weighted by molar-refractivity contribution is -0.155. The van der Waals surface area contributed by atoms with Crippen molar-refractivity contribution in [3.05, 3.63) is 12.0 Å². The minimum atomic E-state index is -1.38. The Hall–Kier alpha value is -2.42. The van der Waals surface area contributed by atoms with Crippen LogP contribution in [-0.4, -0.2) is 58.7 Å². The number of ether oxygens (including phenoxy) is 2. The molecule has 0 aromatic rings. The molecule has 1 rings (SSSR count). The summed E-state index contributed by atoms with van der Waals surface area (Å²) in [6, 6.07) is 0. The van der Waals surface area contributed by atoms with E-state index >= 15 is 0 Å². The molecule has 20 heavy (non-hydrogen) atoms. The summed E-state index contributed by atoms with van der Waals surface area (Å²) in [4.78, 5) is 45.7. The topological polar surface area (TPSA) is 130 Å². The summed E-state index contributed by atoms with van der Waals surface area (Å²) in [6.07, 6.45) is 0.687. The minimum Gasteiger partial charge on any atom is -0.496 e. The van der Waals surface area contributed by atoms with E-state index in [9.17, 15) is 19.2 Å². The molecular formula is C11H13NO8. The maximum atomic E-state index is 11.7. The van der Waals surface area contributed by atoms with Crippen molar-refractivity contribution in [3.63, 3.8) is 0 Å². The van der Waals surface area contributed by atoms with E-state index in [2.05, 4.69) is 4.74 Å². The van der Waals surface area contributed by atoms with Gasteiger partial charge in [0.1, 0.15) is 12.9 Å². The smallest absolute Gasteiger partial charge is 0.359 e. The average molecular weight is 287 g/mol. The highest BCUT2D eigenvalue weighted by atomic mass is 16.6. The lowest BCUT2D eigenvalue weighted by atomic mass is 10.4. The highest BCUT2D eigenvalue weighted by Gasteiger charge is 2.36. The van der Waals surface area contributed by atoms with E-state index < -0.39 is 36.1 Å². The molecule has 1 saturated heterocycles. The molecule has 0 aliphatic carbocycles. The van der Waals surface area contributed by atoms with Gasteiger partial charge in [-0.3, -0.25) is 9.59 Å². The van der Waals surface area contributed by atoms with Crippen molar-refractivity contribution in [2.24, 2.45) is 0 Å². The first kappa shape index (κ1) is 15.6. The summed E-state index contributed by atoms with van der Waals surface area (Å²) < 4.78 is 9.19. The predicted molar refractivity (Wildman–Crippen MR) is 60.8 cm³/mol. The minimum absolute atomic E-state index is 0.0532. The molecule has 1 fully saturated rings. The molecule has 0 aromatic heterocycles. The predicted octanol–water partition coefficient (Wildman–Crippen LogP) is -1.39. The van der Waals surface area contributed by atoms with Gasteiger partial charge < -0.3 is 19.7 Å². The lowest BCUT2D eigenvalue weighted by Crippen LogP contribution is -2.34. The van der Waals surface area contributed by atoms with Crippen LogP contribution >= 0.6 is 0 Å². The molecular weight excluding hydrogens is 274 g/mol. The fourth-order valence-corrected chi connectivity index (χ4v) is 1.43. The van der Waals surface area contributed by atoms with Crippen LogP contribution < -0.4 is 0 Å². The van der Waals surface area contributed by atoms with Crippen LogP contribution in [0.1, 0.15) is 12.8 Å². The number of nitrogens with zero attached hydrogens (tertiary/aromatic N) is 1. The third-order valence-corrected chi connectivity index (χ3v) is 2.23. The Balaban J connectivity index is 2.87. The molecule has 110 valence electrons. The summed E-state index contributed by atoms with van der Waals surface area (Å²) in [7, 11) is 0. The number of carboxylic acids is 1. The Morgan fingerprint density at radius 3 is 2.35 bits per heavy atom. The fraction of sp³-hybridized carbons (Fsp3) is 0.455. The molecule has 0 aromatic carbocycles. The summed E-state index contributed by atoms with van der Waals surface area (Å²) >= 11 is 0. The van der Waals surface area contributed by atoms with Crippen molar-refractivity contribution < 1.29 is 38.9 Å². The zero-order chi connectivity index (χ0) is 15.1. The monoisotopic (exact) mass is 287 g/mol. The van der Waals surface area contributed by atoms with Gasteiger partial charge >= 0.3 is 11.9 Å². The SMILES string of the molecule is O=C(O)COC(=O)C(=COCCO)N1C(=O)CCC1=O. The molecule has 0 radical (unpaired) electrons. The van der Waals surface area contributed by atoms with Crippen LogP contribution in [-0.2, 0) is 28.7 Å². The number of hydrogen-bond donors (Lipinski definition) is 2. The number of likely N-dealkylation sites (tertiary alicyclic amines) is 1. The number of aliphatic carboxylic acids is 1. The van der Waals surface area contributed by atoms with Gasteiger partial charge in [-0.05, 0) is 0 Å². The third-order valence-electron chi connectivity index (χ3n) is 2.23. The van der Waals surface area contributed by atoms with Crippen LogP contribution in [0.3, 0.4) is 0 Å². The summed E-state index contributed by atoms with van der Waals surface area (Å²) in [5.41, 5.74) is -0.507. The van der Waals surface area contributed by atoms with Crippen molar-refractivity contribution in [2.75, 3.05) is 19.8 Å². The largest absolute Gasteiger partial charge is 0.496 e. The maximum absolute atomic E-state index is 11.7. The van der Waals surface area contributed by atoms with E-state index in [1.807, 2.05) is 0 Å². The van der Waals surface area contributed by atoms with Crippen molar-refractivity contribution in [2.45, 2.75) is 12.8 Å². The lowest BCUT2D eigenvalue weighted by Gasteiger charge is -2.16. The van der Waals surface area contributed by atoms with E-state index in [0.29, 0.717) is 4.90 Å². The van der Waals surface area contributed by atoms with Crippen LogP contribution in [0, 0.1) is 0 Å². The number of imide groups is 1. The van der Waals surface area contributed by atoms with Crippen molar-refractivity contribution in [1.82, 2.24) is 4.90 Å². The van der Waals surface area contributed by atoms with Gasteiger partial charge in [-0.1, -0.05) is 0 Å². The number of aliphatic hydroxyl groups excluding tert-OH is 1. The molecule has 2 N–H and O–H groups in total. The molecule has 0 bridgehead atoms. The molecule has 0 atom stereocenters. The zero-order valence-corrected chi connectivity index (χ0v) is 10.4. The fourth-order valence-electron chi connectivity index (χ4n) is 1.43. The van der Waals surface area contributed by atoms with Gasteiger partial charge in [0.05, 0.1) is 6.61 Å². The second-order valence-electron chi connectivity index (χ2n) is 3.69. The molecule has 9 heteroatoms. The number of aliphatic hydroxyl groups is 1. The number of amides is 2. The zero-order valence-electron chi connectivity index (χ0n) is 10.4. The number of carbonyl (C=O) groups excluding carboxylic acids is 3. The number of carbonyl (C=O) groups is 4. The summed E-state index contributed by atoms with van der Waals surface area (Å²) in [5.74, 6) is -3.77. The Bertz CT molecular complexity index is 439. The molecule has 1 heterocycles. The molecule has 0 saturated carbocycles. The van der Waals surface area contributed by atoms with E-state index in [0.717, 1.165) is 6.26 Å². The number of hydrogen-bond acceptors (Lipinski definition) is 7. The first-order chi connectivity index (χ1) is 9.47. The average Bonchev–Trinajstić information content (AvgIpc) is 2.72.